The number of nitrogens with zero attached hydrogens (tertiary/aromatic N) is 3. The average molecular weight is 437 g/mol. The lowest BCUT2D eigenvalue weighted by atomic mass is 10.1. The molecule has 1 aliphatic heterocycles. The molecule has 4 rings (SSSR count). The number of morpholine rings is 1. The molecule has 1 amide bonds. The number of aromatic nitrogens is 2. The Kier molecular flexibility index (Phi) is 6.82. The van der Waals surface area contributed by atoms with Crippen LogP contribution in [0.1, 0.15) is 17.3 Å². The third kappa shape index (κ3) is 4.98. The lowest BCUT2D eigenvalue weighted by molar-refractivity contribution is -0.122. The van der Waals surface area contributed by atoms with E-state index in [1.807, 2.05) is 49.4 Å². The molecular weight excluding hydrogens is 408 g/mol. The molecule has 0 aliphatic carbocycles. The number of nitrogens with one attached hydrogen (secondary N) is 1. The van der Waals surface area contributed by atoms with Crippen molar-refractivity contribution in [2.24, 2.45) is 0 Å². The maximum Gasteiger partial charge on any atom is 0.275 e. The van der Waals surface area contributed by atoms with E-state index in [1.54, 1.807) is 13.2 Å². The van der Waals surface area contributed by atoms with Crippen molar-refractivity contribution in [3.63, 3.8) is 0 Å². The molecule has 0 spiro atoms. The molecule has 0 radical (unpaired) electrons. The fourth-order valence-corrected chi connectivity index (χ4v) is 4.00. The Morgan fingerprint density at radius 1 is 1.12 bits per heavy atom. The van der Waals surface area contributed by atoms with Gasteiger partial charge in [-0.1, -0.05) is 30.3 Å². The van der Waals surface area contributed by atoms with Gasteiger partial charge in [0, 0.05) is 25.0 Å². The van der Waals surface area contributed by atoms with E-state index < -0.39 is 0 Å². The first-order valence-electron chi connectivity index (χ1n) is 10.7. The molecule has 1 saturated heterocycles. The Bertz CT molecular complexity index is 1140. The highest BCUT2D eigenvalue weighted by atomic mass is 16.5. The van der Waals surface area contributed by atoms with Crippen molar-refractivity contribution < 1.29 is 14.3 Å². The number of fused-ring (bicyclic) bond motifs is 1. The zero-order chi connectivity index (χ0) is 22.5. The first-order valence-corrected chi connectivity index (χ1v) is 10.7. The molecule has 168 valence electrons. The SMILES string of the molecule is COc1ccc([C@H](CN2CCOCC2)NC(=O)Cn2nc(C)c3ccccc3c2=O)cc1. The Labute approximate surface area is 186 Å². The van der Waals surface area contributed by atoms with Crippen molar-refractivity contribution >= 4 is 16.7 Å². The summed E-state index contributed by atoms with van der Waals surface area (Å²) in [5, 5.41) is 8.82. The molecule has 1 aromatic heterocycles. The van der Waals surface area contributed by atoms with Crippen molar-refractivity contribution in [1.82, 2.24) is 20.0 Å². The van der Waals surface area contributed by atoms with Gasteiger partial charge in [0.1, 0.15) is 12.3 Å². The van der Waals surface area contributed by atoms with Crippen molar-refractivity contribution in [3.05, 3.63) is 70.1 Å². The van der Waals surface area contributed by atoms with Crippen LogP contribution in [0.3, 0.4) is 0 Å². The van der Waals surface area contributed by atoms with Gasteiger partial charge in [0.15, 0.2) is 0 Å². The summed E-state index contributed by atoms with van der Waals surface area (Å²) in [5.74, 6) is 0.496. The van der Waals surface area contributed by atoms with Gasteiger partial charge in [-0.25, -0.2) is 4.68 Å². The number of rotatable bonds is 7. The molecular formula is C24H28N4O4. The van der Waals surface area contributed by atoms with Crippen molar-refractivity contribution in [2.45, 2.75) is 19.5 Å². The maximum atomic E-state index is 13.0. The largest absolute Gasteiger partial charge is 0.497 e. The van der Waals surface area contributed by atoms with Gasteiger partial charge < -0.3 is 14.8 Å². The number of carbonyl (C=O) groups excluding carboxylic acids is 1. The zero-order valence-corrected chi connectivity index (χ0v) is 18.4. The lowest BCUT2D eigenvalue weighted by Crippen LogP contribution is -2.44. The van der Waals surface area contributed by atoms with Gasteiger partial charge in [0.2, 0.25) is 5.91 Å². The number of hydrogen-bond donors (Lipinski definition) is 1. The molecule has 8 heteroatoms. The Morgan fingerprint density at radius 3 is 2.50 bits per heavy atom. The first kappa shape index (κ1) is 22.0. The average Bonchev–Trinajstić information content (AvgIpc) is 2.83. The molecule has 1 aliphatic rings. The second kappa shape index (κ2) is 9.93. The van der Waals surface area contributed by atoms with Crippen molar-refractivity contribution in [3.8, 4) is 5.75 Å². The van der Waals surface area contributed by atoms with Crippen LogP contribution >= 0.6 is 0 Å². The Balaban J connectivity index is 1.54. The van der Waals surface area contributed by atoms with Crippen LogP contribution in [-0.4, -0.2) is 60.5 Å². The summed E-state index contributed by atoms with van der Waals surface area (Å²) in [6, 6.07) is 14.8. The van der Waals surface area contributed by atoms with Gasteiger partial charge in [-0.05, 0) is 30.7 Å². The molecule has 1 fully saturated rings. The fourth-order valence-electron chi connectivity index (χ4n) is 4.00. The minimum absolute atomic E-state index is 0.139. The molecule has 3 aromatic rings. The Morgan fingerprint density at radius 2 is 1.81 bits per heavy atom. The Hall–Kier alpha value is -3.23. The van der Waals surface area contributed by atoms with Crippen LogP contribution in [0.2, 0.25) is 0 Å². The van der Waals surface area contributed by atoms with E-state index in [2.05, 4.69) is 15.3 Å². The van der Waals surface area contributed by atoms with E-state index in [9.17, 15) is 9.59 Å². The van der Waals surface area contributed by atoms with Gasteiger partial charge in [-0.2, -0.15) is 5.10 Å². The molecule has 1 atom stereocenters. The van der Waals surface area contributed by atoms with E-state index in [1.165, 1.54) is 4.68 Å². The molecule has 32 heavy (non-hydrogen) atoms. The number of hydrogen-bond acceptors (Lipinski definition) is 6. The molecule has 1 N–H and O–H groups in total. The zero-order valence-electron chi connectivity index (χ0n) is 18.4. The summed E-state index contributed by atoms with van der Waals surface area (Å²) in [7, 11) is 1.62. The highest BCUT2D eigenvalue weighted by Gasteiger charge is 2.21. The molecule has 0 saturated carbocycles. The number of amides is 1. The summed E-state index contributed by atoms with van der Waals surface area (Å²) >= 11 is 0. The van der Waals surface area contributed by atoms with Gasteiger partial charge in [-0.3, -0.25) is 14.5 Å². The van der Waals surface area contributed by atoms with Gasteiger partial charge >= 0.3 is 0 Å². The lowest BCUT2D eigenvalue weighted by Gasteiger charge is -2.31. The minimum atomic E-state index is -0.268. The van der Waals surface area contributed by atoms with Crippen molar-refractivity contribution in [2.75, 3.05) is 40.0 Å². The summed E-state index contributed by atoms with van der Waals surface area (Å²) in [4.78, 5) is 28.1. The number of methoxy groups -OCH3 is 1. The smallest absolute Gasteiger partial charge is 0.275 e. The standard InChI is InChI=1S/C24H28N4O4/c1-17-20-5-3-4-6-21(20)24(30)28(26-17)16-23(29)25-22(15-27-11-13-32-14-12-27)18-7-9-19(31-2)10-8-18/h3-10,22H,11-16H2,1-2H3,(H,25,29)/t22-/m0/s1. The molecule has 0 bridgehead atoms. The minimum Gasteiger partial charge on any atom is -0.497 e. The fraction of sp³-hybridized carbons (Fsp3) is 0.375. The molecule has 2 aromatic carbocycles. The third-order valence-electron chi connectivity index (χ3n) is 5.74. The van der Waals surface area contributed by atoms with Crippen LogP contribution in [0.5, 0.6) is 5.75 Å². The molecule has 8 nitrogen and oxygen atoms in total. The topological polar surface area (TPSA) is 85.7 Å². The summed E-state index contributed by atoms with van der Waals surface area (Å²) in [6.45, 7) is 5.34. The number of ether oxygens (including phenoxy) is 2. The highest BCUT2D eigenvalue weighted by Crippen LogP contribution is 2.19. The second-order valence-electron chi connectivity index (χ2n) is 7.90. The third-order valence-corrected chi connectivity index (χ3v) is 5.74. The van der Waals surface area contributed by atoms with Crippen LogP contribution in [-0.2, 0) is 16.1 Å². The maximum absolute atomic E-state index is 13.0. The van der Waals surface area contributed by atoms with Crippen LogP contribution in [0, 0.1) is 6.92 Å². The second-order valence-corrected chi connectivity index (χ2v) is 7.90. The normalized spacial score (nSPS) is 15.4. The summed E-state index contributed by atoms with van der Waals surface area (Å²) in [6.07, 6.45) is 0. The van der Waals surface area contributed by atoms with Crippen LogP contribution < -0.4 is 15.6 Å². The van der Waals surface area contributed by atoms with Gasteiger partial charge in [0.25, 0.3) is 5.56 Å². The first-order chi connectivity index (χ1) is 15.5. The highest BCUT2D eigenvalue weighted by molar-refractivity contribution is 5.83. The summed E-state index contributed by atoms with van der Waals surface area (Å²) in [5.41, 5.74) is 1.42. The van der Waals surface area contributed by atoms with Crippen LogP contribution in [0.4, 0.5) is 0 Å². The van der Waals surface area contributed by atoms with Crippen LogP contribution in [0.25, 0.3) is 10.8 Å². The van der Waals surface area contributed by atoms with E-state index in [4.69, 9.17) is 9.47 Å². The molecule has 2 heterocycles. The number of benzene rings is 2. The summed E-state index contributed by atoms with van der Waals surface area (Å²) < 4.78 is 11.9. The van der Waals surface area contributed by atoms with Crippen molar-refractivity contribution in [1.29, 1.82) is 0 Å². The van der Waals surface area contributed by atoms with E-state index in [-0.39, 0.29) is 24.1 Å². The molecule has 0 unspecified atom stereocenters. The van der Waals surface area contributed by atoms with E-state index >= 15 is 0 Å². The monoisotopic (exact) mass is 436 g/mol. The predicted molar refractivity (Wildman–Crippen MR) is 122 cm³/mol. The quantitative estimate of drug-likeness (QED) is 0.609. The van der Waals surface area contributed by atoms with Gasteiger partial charge in [-0.15, -0.1) is 0 Å². The predicted octanol–water partition coefficient (Wildman–Crippen LogP) is 1.90. The van der Waals surface area contributed by atoms with Crippen LogP contribution in [0.15, 0.2) is 53.3 Å². The van der Waals surface area contributed by atoms with E-state index in [0.29, 0.717) is 30.8 Å². The van der Waals surface area contributed by atoms with Gasteiger partial charge in [0.05, 0.1) is 37.4 Å². The number of carbonyl (C=O) groups is 1. The van der Waals surface area contributed by atoms with E-state index in [0.717, 1.165) is 29.8 Å². The number of aryl methyl sites for hydroxylation is 1.